The summed E-state index contributed by atoms with van der Waals surface area (Å²) in [6.45, 7) is 1.41. The molecule has 1 aromatic rings. The van der Waals surface area contributed by atoms with Gasteiger partial charge in [0.15, 0.2) is 0 Å². The smallest absolute Gasteiger partial charge is 0.119 e. The van der Waals surface area contributed by atoms with E-state index in [1.807, 2.05) is 36.0 Å². The molecule has 0 aromatic heterocycles. The van der Waals surface area contributed by atoms with E-state index in [1.165, 1.54) is 24.3 Å². The lowest BCUT2D eigenvalue weighted by Crippen LogP contribution is -2.46. The highest BCUT2D eigenvalue weighted by Crippen LogP contribution is 2.38. The van der Waals surface area contributed by atoms with Crippen molar-refractivity contribution >= 4 is 11.8 Å². The van der Waals surface area contributed by atoms with Crippen LogP contribution >= 0.6 is 11.8 Å². The van der Waals surface area contributed by atoms with Gasteiger partial charge >= 0.3 is 0 Å². The SMILES string of the molecule is NCc1ccc(OC2CCOC3(CCSCC3)C2)cc1. The zero-order valence-corrected chi connectivity index (χ0v) is 12.7. The van der Waals surface area contributed by atoms with Gasteiger partial charge in [0.2, 0.25) is 0 Å². The van der Waals surface area contributed by atoms with Crippen LogP contribution in [0.15, 0.2) is 24.3 Å². The van der Waals surface area contributed by atoms with Gasteiger partial charge in [0.1, 0.15) is 11.9 Å². The molecule has 2 saturated heterocycles. The Kier molecular flexibility index (Phi) is 4.54. The third-order valence-corrected chi connectivity index (χ3v) is 5.30. The molecule has 2 heterocycles. The Labute approximate surface area is 125 Å². The van der Waals surface area contributed by atoms with Crippen molar-refractivity contribution in [1.29, 1.82) is 0 Å². The van der Waals surface area contributed by atoms with Crippen molar-refractivity contribution in [2.24, 2.45) is 5.73 Å². The maximum absolute atomic E-state index is 6.15. The Hall–Kier alpha value is -0.710. The van der Waals surface area contributed by atoms with Crippen molar-refractivity contribution in [2.75, 3.05) is 18.1 Å². The highest BCUT2D eigenvalue weighted by Gasteiger charge is 2.39. The molecule has 1 aromatic carbocycles. The summed E-state index contributed by atoms with van der Waals surface area (Å²) in [6, 6.07) is 8.14. The van der Waals surface area contributed by atoms with Gasteiger partial charge in [0, 0.05) is 19.4 Å². The first kappa shape index (κ1) is 14.2. The summed E-state index contributed by atoms with van der Waals surface area (Å²) in [5.41, 5.74) is 6.85. The Morgan fingerprint density at radius 3 is 2.70 bits per heavy atom. The number of nitrogens with two attached hydrogens (primary N) is 1. The van der Waals surface area contributed by atoms with Crippen molar-refractivity contribution < 1.29 is 9.47 Å². The molecule has 3 rings (SSSR count). The van der Waals surface area contributed by atoms with E-state index in [9.17, 15) is 0 Å². The standard InChI is InChI=1S/C16H23NO2S/c17-12-13-1-3-14(4-2-13)19-15-5-8-18-16(11-15)6-9-20-10-7-16/h1-4,15H,5-12,17H2. The Morgan fingerprint density at radius 2 is 2.00 bits per heavy atom. The zero-order valence-electron chi connectivity index (χ0n) is 11.8. The van der Waals surface area contributed by atoms with E-state index in [4.69, 9.17) is 15.2 Å². The first-order valence-electron chi connectivity index (χ1n) is 7.47. The van der Waals surface area contributed by atoms with Crippen molar-refractivity contribution in [3.8, 4) is 5.75 Å². The summed E-state index contributed by atoms with van der Waals surface area (Å²) in [4.78, 5) is 0. The summed E-state index contributed by atoms with van der Waals surface area (Å²) in [5, 5.41) is 0. The van der Waals surface area contributed by atoms with Crippen molar-refractivity contribution in [3.63, 3.8) is 0 Å². The fourth-order valence-electron chi connectivity index (χ4n) is 3.07. The number of ether oxygens (including phenoxy) is 2. The normalized spacial score (nSPS) is 25.6. The van der Waals surface area contributed by atoms with Gasteiger partial charge in [0.05, 0.1) is 12.2 Å². The van der Waals surface area contributed by atoms with Crippen LogP contribution in [-0.4, -0.2) is 29.8 Å². The van der Waals surface area contributed by atoms with E-state index in [0.717, 1.165) is 30.8 Å². The minimum Gasteiger partial charge on any atom is -0.490 e. The van der Waals surface area contributed by atoms with Crippen molar-refractivity contribution in [2.45, 2.75) is 43.9 Å². The van der Waals surface area contributed by atoms with Crippen LogP contribution in [0.1, 0.15) is 31.2 Å². The molecular weight excluding hydrogens is 270 g/mol. The van der Waals surface area contributed by atoms with E-state index in [2.05, 4.69) is 0 Å². The third kappa shape index (κ3) is 3.30. The van der Waals surface area contributed by atoms with Gasteiger partial charge < -0.3 is 15.2 Å². The average Bonchev–Trinajstić information content (AvgIpc) is 2.49. The van der Waals surface area contributed by atoms with E-state index in [1.54, 1.807) is 0 Å². The number of rotatable bonds is 3. The lowest BCUT2D eigenvalue weighted by Gasteiger charge is -2.43. The number of benzene rings is 1. The number of hydrogen-bond acceptors (Lipinski definition) is 4. The van der Waals surface area contributed by atoms with Gasteiger partial charge in [-0.25, -0.2) is 0 Å². The minimum atomic E-state index is 0.0887. The van der Waals surface area contributed by atoms with Crippen LogP contribution in [-0.2, 0) is 11.3 Å². The monoisotopic (exact) mass is 293 g/mol. The maximum atomic E-state index is 6.15. The predicted octanol–water partition coefficient (Wildman–Crippen LogP) is 2.97. The topological polar surface area (TPSA) is 44.5 Å². The number of hydrogen-bond donors (Lipinski definition) is 1. The molecule has 2 N–H and O–H groups in total. The minimum absolute atomic E-state index is 0.0887. The second kappa shape index (κ2) is 6.37. The summed E-state index contributed by atoms with van der Waals surface area (Å²) in [6.07, 6.45) is 4.66. The van der Waals surface area contributed by atoms with E-state index in [-0.39, 0.29) is 11.7 Å². The molecule has 2 fully saturated rings. The molecule has 3 nitrogen and oxygen atoms in total. The van der Waals surface area contributed by atoms with Crippen LogP contribution in [0.25, 0.3) is 0 Å². The lowest BCUT2D eigenvalue weighted by molar-refractivity contribution is -0.116. The lowest BCUT2D eigenvalue weighted by atomic mass is 9.86. The van der Waals surface area contributed by atoms with Crippen LogP contribution in [0.5, 0.6) is 5.75 Å². The molecule has 2 aliphatic rings. The molecule has 0 aliphatic carbocycles. The molecule has 0 radical (unpaired) electrons. The highest BCUT2D eigenvalue weighted by molar-refractivity contribution is 7.99. The van der Waals surface area contributed by atoms with Gasteiger partial charge in [-0.2, -0.15) is 11.8 Å². The maximum Gasteiger partial charge on any atom is 0.119 e. The Bertz CT molecular complexity index is 423. The van der Waals surface area contributed by atoms with Gasteiger partial charge in [-0.15, -0.1) is 0 Å². The fraction of sp³-hybridized carbons (Fsp3) is 0.625. The molecule has 0 amide bonds. The van der Waals surface area contributed by atoms with E-state index < -0.39 is 0 Å². The van der Waals surface area contributed by atoms with Crippen molar-refractivity contribution in [1.82, 2.24) is 0 Å². The summed E-state index contributed by atoms with van der Waals surface area (Å²) in [7, 11) is 0. The van der Waals surface area contributed by atoms with Gasteiger partial charge in [0.25, 0.3) is 0 Å². The molecule has 1 unspecified atom stereocenters. The molecular formula is C16H23NO2S. The van der Waals surface area contributed by atoms with Crippen LogP contribution in [0.3, 0.4) is 0 Å². The highest BCUT2D eigenvalue weighted by atomic mass is 32.2. The Morgan fingerprint density at radius 1 is 1.25 bits per heavy atom. The van der Waals surface area contributed by atoms with E-state index in [0.29, 0.717) is 6.54 Å². The molecule has 2 aliphatic heterocycles. The van der Waals surface area contributed by atoms with E-state index >= 15 is 0 Å². The van der Waals surface area contributed by atoms with Crippen LogP contribution < -0.4 is 10.5 Å². The second-order valence-electron chi connectivity index (χ2n) is 5.72. The summed E-state index contributed by atoms with van der Waals surface area (Å²) >= 11 is 2.04. The summed E-state index contributed by atoms with van der Waals surface area (Å²) < 4.78 is 12.3. The quantitative estimate of drug-likeness (QED) is 0.930. The largest absolute Gasteiger partial charge is 0.490 e. The van der Waals surface area contributed by atoms with Gasteiger partial charge in [-0.05, 0) is 42.0 Å². The fourth-order valence-corrected chi connectivity index (χ4v) is 4.31. The number of thioether (sulfide) groups is 1. The molecule has 1 atom stereocenters. The predicted molar refractivity (Wildman–Crippen MR) is 83.2 cm³/mol. The molecule has 1 spiro atoms. The third-order valence-electron chi connectivity index (χ3n) is 4.31. The molecule has 20 heavy (non-hydrogen) atoms. The second-order valence-corrected chi connectivity index (χ2v) is 6.95. The molecule has 0 bridgehead atoms. The first-order valence-corrected chi connectivity index (χ1v) is 8.63. The van der Waals surface area contributed by atoms with Crippen LogP contribution in [0.2, 0.25) is 0 Å². The average molecular weight is 293 g/mol. The zero-order chi connectivity index (χ0) is 13.8. The van der Waals surface area contributed by atoms with Crippen LogP contribution in [0, 0.1) is 0 Å². The molecule has 0 saturated carbocycles. The van der Waals surface area contributed by atoms with Gasteiger partial charge in [-0.1, -0.05) is 12.1 Å². The van der Waals surface area contributed by atoms with Crippen molar-refractivity contribution in [3.05, 3.63) is 29.8 Å². The van der Waals surface area contributed by atoms with Crippen LogP contribution in [0.4, 0.5) is 0 Å². The van der Waals surface area contributed by atoms with Gasteiger partial charge in [-0.3, -0.25) is 0 Å². The Balaban J connectivity index is 1.61. The molecule has 110 valence electrons. The molecule has 4 heteroatoms. The first-order chi connectivity index (χ1) is 9.80. The summed E-state index contributed by atoms with van der Waals surface area (Å²) in [5.74, 6) is 3.39.